The van der Waals surface area contributed by atoms with Gasteiger partial charge in [0.25, 0.3) is 0 Å². The monoisotopic (exact) mass is 532 g/mol. The zero-order valence-electron chi connectivity index (χ0n) is 23.3. The van der Waals surface area contributed by atoms with E-state index >= 15 is 0 Å². The summed E-state index contributed by atoms with van der Waals surface area (Å²) in [7, 11) is 0. The molecule has 38 heavy (non-hydrogen) atoms. The van der Waals surface area contributed by atoms with Gasteiger partial charge >= 0.3 is 5.97 Å². The molecule has 0 aromatic heterocycles. The average molecular weight is 533 g/mol. The zero-order chi connectivity index (χ0) is 26.5. The van der Waals surface area contributed by atoms with Gasteiger partial charge in [-0.1, -0.05) is 38.3 Å². The van der Waals surface area contributed by atoms with Crippen LogP contribution in [0, 0.1) is 17.3 Å². The van der Waals surface area contributed by atoms with Crippen molar-refractivity contribution in [3.05, 3.63) is 23.7 Å². The topological polar surface area (TPSA) is 86.8 Å². The molecular weight excluding hydrogens is 484 g/mol. The Kier molecular flexibility index (Phi) is 9.38. The number of carboxylic acid groups (broad SMARTS) is 1. The van der Waals surface area contributed by atoms with Crippen molar-refractivity contribution >= 4 is 5.97 Å². The minimum atomic E-state index is -1.14. The molecule has 3 saturated heterocycles. The zero-order valence-corrected chi connectivity index (χ0v) is 23.3. The van der Waals surface area contributed by atoms with Crippen molar-refractivity contribution in [3.63, 3.8) is 0 Å². The molecule has 0 radical (unpaired) electrons. The van der Waals surface area contributed by atoms with Crippen molar-refractivity contribution in [2.75, 3.05) is 13.2 Å². The predicted molar refractivity (Wildman–Crippen MR) is 143 cm³/mol. The van der Waals surface area contributed by atoms with Crippen LogP contribution in [0.15, 0.2) is 23.7 Å². The number of aliphatic carboxylic acids is 1. The molecular formula is C31H48O7. The van der Waals surface area contributed by atoms with Crippen LogP contribution in [0.2, 0.25) is 0 Å². The third-order valence-corrected chi connectivity index (χ3v) is 9.54. The van der Waals surface area contributed by atoms with Crippen LogP contribution in [0.3, 0.4) is 0 Å². The number of epoxide rings is 1. The Bertz CT molecular complexity index is 850. The summed E-state index contributed by atoms with van der Waals surface area (Å²) in [6, 6.07) is 0. The summed E-state index contributed by atoms with van der Waals surface area (Å²) in [5, 5.41) is 9.96. The number of rotatable bonds is 16. The van der Waals surface area contributed by atoms with Crippen LogP contribution >= 0.6 is 0 Å². The van der Waals surface area contributed by atoms with Crippen LogP contribution in [0.4, 0.5) is 0 Å². The van der Waals surface area contributed by atoms with E-state index in [0.717, 1.165) is 32.1 Å². The van der Waals surface area contributed by atoms with Gasteiger partial charge in [-0.3, -0.25) is 0 Å². The highest BCUT2D eigenvalue weighted by atomic mass is 16.7. The molecule has 0 amide bonds. The summed E-state index contributed by atoms with van der Waals surface area (Å²) in [6.45, 7) is 7.93. The van der Waals surface area contributed by atoms with Gasteiger partial charge in [-0.2, -0.15) is 0 Å². The van der Waals surface area contributed by atoms with Crippen molar-refractivity contribution in [2.24, 2.45) is 17.3 Å². The molecule has 0 aromatic rings. The van der Waals surface area contributed by atoms with E-state index in [4.69, 9.17) is 23.7 Å². The van der Waals surface area contributed by atoms with Gasteiger partial charge in [0.15, 0.2) is 18.3 Å². The maximum absolute atomic E-state index is 12.2. The van der Waals surface area contributed by atoms with E-state index in [9.17, 15) is 9.90 Å². The average Bonchev–Trinajstić information content (AvgIpc) is 3.57. The highest BCUT2D eigenvalue weighted by Gasteiger charge is 2.46. The smallest absolute Gasteiger partial charge is 0.374 e. The first-order valence-electron chi connectivity index (χ1n) is 15.3. The standard InChI is InChI=1S/C31H48O7/c1-3-4-13-31(15-16-31)14-5-8-22-12-11-21(2)23(22)19-24-25(36-24)20-26(37-27-9-6-17-34-27)29(30(32)33)38-28-10-7-18-35-28/h22-25,27-28H,2-20H2,1H3,(H,32,33)/t22-,23-,24+,25?,27?,28?/m0/s1. The Morgan fingerprint density at radius 3 is 2.37 bits per heavy atom. The van der Waals surface area contributed by atoms with Crippen molar-refractivity contribution < 1.29 is 33.6 Å². The molecule has 1 N–H and O–H groups in total. The van der Waals surface area contributed by atoms with Gasteiger partial charge in [-0.05, 0) is 81.5 Å². The number of hydrogen-bond donors (Lipinski definition) is 1. The van der Waals surface area contributed by atoms with Crippen LogP contribution in [0.25, 0.3) is 0 Å². The molecule has 7 nitrogen and oxygen atoms in total. The van der Waals surface area contributed by atoms with Gasteiger partial charge in [0.05, 0.1) is 25.4 Å². The Labute approximate surface area is 228 Å². The summed E-state index contributed by atoms with van der Waals surface area (Å²) < 4.78 is 29.2. The van der Waals surface area contributed by atoms with Crippen molar-refractivity contribution in [1.29, 1.82) is 0 Å². The fraction of sp³-hybridized carbons (Fsp3) is 0.839. The van der Waals surface area contributed by atoms with E-state index in [-0.39, 0.29) is 18.0 Å². The van der Waals surface area contributed by atoms with Crippen molar-refractivity contribution in [2.45, 2.75) is 134 Å². The van der Waals surface area contributed by atoms with Gasteiger partial charge in [-0.15, -0.1) is 0 Å². The van der Waals surface area contributed by atoms with Crippen LogP contribution in [0.1, 0.15) is 110 Å². The lowest BCUT2D eigenvalue weighted by atomic mass is 9.83. The van der Waals surface area contributed by atoms with Crippen LogP contribution in [-0.4, -0.2) is 49.1 Å². The van der Waals surface area contributed by atoms with E-state index in [1.807, 2.05) is 0 Å². The molecule has 5 rings (SSSR count). The fourth-order valence-electron chi connectivity index (χ4n) is 6.89. The van der Waals surface area contributed by atoms with E-state index in [0.29, 0.717) is 49.1 Å². The quantitative estimate of drug-likeness (QED) is 0.101. The van der Waals surface area contributed by atoms with Gasteiger partial charge < -0.3 is 28.8 Å². The second kappa shape index (κ2) is 12.7. The van der Waals surface area contributed by atoms with E-state index < -0.39 is 18.5 Å². The Morgan fingerprint density at radius 2 is 1.74 bits per heavy atom. The first kappa shape index (κ1) is 28.0. The lowest BCUT2D eigenvalue weighted by Crippen LogP contribution is -2.21. The maximum atomic E-state index is 12.2. The molecule has 5 fully saturated rings. The Hall–Kier alpha value is -1.57. The van der Waals surface area contributed by atoms with E-state index in [1.165, 1.54) is 63.4 Å². The largest absolute Gasteiger partial charge is 0.475 e. The highest BCUT2D eigenvalue weighted by Crippen LogP contribution is 2.54. The van der Waals surface area contributed by atoms with Crippen LogP contribution in [0.5, 0.6) is 0 Å². The summed E-state index contributed by atoms with van der Waals surface area (Å²) in [6.07, 6.45) is 17.0. The Balaban J connectivity index is 1.16. The summed E-state index contributed by atoms with van der Waals surface area (Å²) >= 11 is 0. The highest BCUT2D eigenvalue weighted by molar-refractivity contribution is 5.84. The molecule has 0 spiro atoms. The van der Waals surface area contributed by atoms with Gasteiger partial charge in [0.1, 0.15) is 0 Å². The molecule has 3 heterocycles. The minimum Gasteiger partial charge on any atom is -0.475 e. The van der Waals surface area contributed by atoms with Crippen molar-refractivity contribution in [1.82, 2.24) is 0 Å². The summed E-state index contributed by atoms with van der Waals surface area (Å²) in [4.78, 5) is 12.2. The SMILES string of the molecule is C=C1CC[C@H](CCCC2(CCCC)CC2)[C@H]1C[C@H]1OC1CC(OC1CCCO1)=C(OC1CCCO1)C(=O)O. The number of unbranched alkanes of at least 4 members (excludes halogenated alkanes) is 1. The molecule has 2 saturated carbocycles. The first-order chi connectivity index (χ1) is 18.5. The molecule has 5 aliphatic rings. The summed E-state index contributed by atoms with van der Waals surface area (Å²) in [5.74, 6) is 0.217. The number of allylic oxidation sites excluding steroid dienone is 1. The van der Waals surface area contributed by atoms with E-state index in [2.05, 4.69) is 13.5 Å². The second-order valence-corrected chi connectivity index (χ2v) is 12.4. The Morgan fingerprint density at radius 1 is 1.03 bits per heavy atom. The van der Waals surface area contributed by atoms with Crippen LogP contribution < -0.4 is 0 Å². The molecule has 6 atom stereocenters. The lowest BCUT2D eigenvalue weighted by molar-refractivity contribution is -0.149. The minimum absolute atomic E-state index is 0.0633. The summed E-state index contributed by atoms with van der Waals surface area (Å²) in [5.41, 5.74) is 2.04. The second-order valence-electron chi connectivity index (χ2n) is 12.4. The maximum Gasteiger partial charge on any atom is 0.374 e. The van der Waals surface area contributed by atoms with Gasteiger partial charge in [0.2, 0.25) is 5.76 Å². The molecule has 3 aliphatic heterocycles. The molecule has 3 unspecified atom stereocenters. The van der Waals surface area contributed by atoms with Crippen LogP contribution in [-0.2, 0) is 28.5 Å². The number of carbonyl (C=O) groups is 1. The number of hydrogen-bond acceptors (Lipinski definition) is 6. The third-order valence-electron chi connectivity index (χ3n) is 9.54. The molecule has 214 valence electrons. The normalized spacial score (nSPS) is 34.3. The molecule has 0 aromatic carbocycles. The number of carboxylic acids is 1. The van der Waals surface area contributed by atoms with Gasteiger partial charge in [0, 0.05) is 19.3 Å². The molecule has 2 aliphatic carbocycles. The third kappa shape index (κ3) is 7.33. The van der Waals surface area contributed by atoms with E-state index in [1.54, 1.807) is 0 Å². The fourth-order valence-corrected chi connectivity index (χ4v) is 6.89. The first-order valence-corrected chi connectivity index (χ1v) is 15.3. The lowest BCUT2D eigenvalue weighted by Gasteiger charge is -2.22. The predicted octanol–water partition coefficient (Wildman–Crippen LogP) is 6.86. The van der Waals surface area contributed by atoms with Crippen molar-refractivity contribution in [3.8, 4) is 0 Å². The molecule has 0 bridgehead atoms. The van der Waals surface area contributed by atoms with Gasteiger partial charge in [-0.25, -0.2) is 4.79 Å². The molecule has 7 heteroatoms. The number of ether oxygens (including phenoxy) is 5.